The van der Waals surface area contributed by atoms with Crippen LogP contribution in [0.25, 0.3) is 0 Å². The third-order valence-corrected chi connectivity index (χ3v) is 5.47. The molecule has 2 atom stereocenters. The van der Waals surface area contributed by atoms with Gasteiger partial charge in [-0.2, -0.15) is 5.26 Å². The molecule has 90 valence electrons. The topological polar surface area (TPSA) is 57.9 Å². The maximum absolute atomic E-state index is 13.5. The second-order valence-corrected chi connectivity index (χ2v) is 6.32. The van der Waals surface area contributed by atoms with Crippen molar-refractivity contribution in [1.82, 2.24) is 0 Å². The molecule has 0 heterocycles. The predicted molar refractivity (Wildman–Crippen MR) is 60.3 cm³/mol. The summed E-state index contributed by atoms with van der Waals surface area (Å²) >= 11 is 0. The summed E-state index contributed by atoms with van der Waals surface area (Å²) in [6.45, 7) is 0. The Labute approximate surface area is 99.8 Å². The Morgan fingerprint density at radius 2 is 2.00 bits per heavy atom. The first-order chi connectivity index (χ1) is 8.07. The molecule has 2 unspecified atom stereocenters. The number of nitriles is 1. The summed E-state index contributed by atoms with van der Waals surface area (Å²) in [4.78, 5) is -0.285. The minimum atomic E-state index is -3.73. The molecule has 3 nitrogen and oxygen atoms in total. The molecule has 0 N–H and O–H groups in total. The number of benzene rings is 1. The quantitative estimate of drug-likeness (QED) is 0.812. The van der Waals surface area contributed by atoms with Crippen molar-refractivity contribution in [3.63, 3.8) is 0 Å². The highest BCUT2D eigenvalue weighted by Gasteiger charge is 2.39. The second kappa shape index (κ2) is 4.46. The van der Waals surface area contributed by atoms with Crippen molar-refractivity contribution in [2.24, 2.45) is 5.92 Å². The Hall–Kier alpha value is -1.41. The minimum Gasteiger partial charge on any atom is -0.223 e. The van der Waals surface area contributed by atoms with E-state index in [2.05, 4.69) is 0 Å². The third kappa shape index (κ3) is 2.05. The molecule has 1 aromatic carbocycles. The smallest absolute Gasteiger partial charge is 0.185 e. The molecule has 0 spiro atoms. The van der Waals surface area contributed by atoms with Gasteiger partial charge in [0.25, 0.3) is 0 Å². The lowest BCUT2D eigenvalue weighted by Gasteiger charge is -2.14. The van der Waals surface area contributed by atoms with E-state index in [0.29, 0.717) is 19.3 Å². The van der Waals surface area contributed by atoms with Crippen LogP contribution in [0.2, 0.25) is 0 Å². The highest BCUT2D eigenvalue weighted by atomic mass is 32.2. The Kier molecular flexibility index (Phi) is 3.16. The van der Waals surface area contributed by atoms with Crippen LogP contribution in [0.1, 0.15) is 19.3 Å². The van der Waals surface area contributed by atoms with Gasteiger partial charge in [0.1, 0.15) is 10.7 Å². The number of hydrogen-bond acceptors (Lipinski definition) is 3. The second-order valence-electron chi connectivity index (χ2n) is 4.18. The predicted octanol–water partition coefficient (Wildman–Crippen LogP) is 2.29. The molecule has 0 saturated heterocycles. The largest absolute Gasteiger partial charge is 0.223 e. The monoisotopic (exact) mass is 253 g/mol. The van der Waals surface area contributed by atoms with Crippen molar-refractivity contribution in [2.75, 3.05) is 0 Å². The number of halogens is 1. The van der Waals surface area contributed by atoms with Crippen molar-refractivity contribution in [3.05, 3.63) is 30.1 Å². The fourth-order valence-corrected chi connectivity index (χ4v) is 4.32. The van der Waals surface area contributed by atoms with Crippen LogP contribution >= 0.6 is 0 Å². The van der Waals surface area contributed by atoms with Crippen LogP contribution in [0, 0.1) is 23.1 Å². The zero-order valence-corrected chi connectivity index (χ0v) is 9.95. The number of rotatable bonds is 2. The van der Waals surface area contributed by atoms with E-state index < -0.39 is 26.8 Å². The van der Waals surface area contributed by atoms with Crippen molar-refractivity contribution in [1.29, 1.82) is 5.26 Å². The average Bonchev–Trinajstić information content (AvgIpc) is 2.78. The molecular weight excluding hydrogens is 241 g/mol. The van der Waals surface area contributed by atoms with Gasteiger partial charge in [0.05, 0.1) is 17.2 Å². The van der Waals surface area contributed by atoms with Crippen LogP contribution in [0.4, 0.5) is 4.39 Å². The van der Waals surface area contributed by atoms with E-state index >= 15 is 0 Å². The van der Waals surface area contributed by atoms with Gasteiger partial charge in [-0.3, -0.25) is 0 Å². The van der Waals surface area contributed by atoms with Gasteiger partial charge < -0.3 is 0 Å². The van der Waals surface area contributed by atoms with Gasteiger partial charge in [-0.05, 0) is 25.0 Å². The summed E-state index contributed by atoms with van der Waals surface area (Å²) < 4.78 is 38.0. The van der Waals surface area contributed by atoms with Crippen LogP contribution in [-0.4, -0.2) is 13.7 Å². The normalized spacial score (nSPS) is 24.5. The van der Waals surface area contributed by atoms with Gasteiger partial charge in [-0.1, -0.05) is 18.6 Å². The molecule has 0 aromatic heterocycles. The van der Waals surface area contributed by atoms with E-state index in [4.69, 9.17) is 5.26 Å². The first-order valence-corrected chi connectivity index (χ1v) is 7.00. The standard InChI is InChI=1S/C12H12FNO2S/c13-10-5-1-2-6-12(10)17(15,16)11-7-3-4-9(11)8-14/h1-2,5-6,9,11H,3-4,7H2. The van der Waals surface area contributed by atoms with E-state index in [0.717, 1.165) is 6.07 Å². The zero-order valence-electron chi connectivity index (χ0n) is 9.14. The maximum atomic E-state index is 13.5. The van der Waals surface area contributed by atoms with E-state index in [1.807, 2.05) is 6.07 Å². The molecule has 5 heteroatoms. The van der Waals surface area contributed by atoms with Gasteiger partial charge in [-0.15, -0.1) is 0 Å². The fraction of sp³-hybridized carbons (Fsp3) is 0.417. The molecule has 0 radical (unpaired) electrons. The van der Waals surface area contributed by atoms with Crippen LogP contribution in [-0.2, 0) is 9.84 Å². The SMILES string of the molecule is N#CC1CCCC1S(=O)(=O)c1ccccc1F. The molecule has 1 aliphatic carbocycles. The van der Waals surface area contributed by atoms with Crippen LogP contribution in [0.3, 0.4) is 0 Å². The first-order valence-electron chi connectivity index (χ1n) is 5.45. The van der Waals surface area contributed by atoms with E-state index in [1.165, 1.54) is 18.2 Å². The van der Waals surface area contributed by atoms with Gasteiger partial charge in [0, 0.05) is 0 Å². The molecule has 2 rings (SSSR count). The molecular formula is C12H12FNO2S. The van der Waals surface area contributed by atoms with E-state index in [-0.39, 0.29) is 4.90 Å². The summed E-state index contributed by atoms with van der Waals surface area (Å²) in [6, 6.07) is 7.34. The Morgan fingerprint density at radius 3 is 2.65 bits per heavy atom. The zero-order chi connectivity index (χ0) is 12.5. The van der Waals surface area contributed by atoms with Gasteiger partial charge in [-0.25, -0.2) is 12.8 Å². The van der Waals surface area contributed by atoms with Gasteiger partial charge >= 0.3 is 0 Å². The number of nitrogens with zero attached hydrogens (tertiary/aromatic N) is 1. The fourth-order valence-electron chi connectivity index (χ4n) is 2.28. The minimum absolute atomic E-state index is 0.285. The lowest BCUT2D eigenvalue weighted by molar-refractivity contribution is 0.546. The summed E-state index contributed by atoms with van der Waals surface area (Å²) in [5.41, 5.74) is 0. The van der Waals surface area contributed by atoms with Crippen molar-refractivity contribution >= 4 is 9.84 Å². The summed E-state index contributed by atoms with van der Waals surface area (Å²) in [7, 11) is -3.73. The van der Waals surface area contributed by atoms with E-state index in [1.54, 1.807) is 0 Å². The van der Waals surface area contributed by atoms with Crippen LogP contribution in [0.15, 0.2) is 29.2 Å². The molecule has 1 aliphatic rings. The van der Waals surface area contributed by atoms with Gasteiger partial charge in [0.2, 0.25) is 0 Å². The summed E-state index contributed by atoms with van der Waals surface area (Å²) in [5.74, 6) is -1.25. The van der Waals surface area contributed by atoms with Crippen molar-refractivity contribution in [2.45, 2.75) is 29.4 Å². The molecule has 1 saturated carbocycles. The molecule has 1 aromatic rings. The van der Waals surface area contributed by atoms with E-state index in [9.17, 15) is 12.8 Å². The summed E-state index contributed by atoms with van der Waals surface area (Å²) in [6.07, 6.45) is 1.72. The summed E-state index contributed by atoms with van der Waals surface area (Å²) in [5, 5.41) is 8.15. The number of sulfone groups is 1. The Bertz CT molecular complexity index is 562. The molecule has 1 fully saturated rings. The van der Waals surface area contributed by atoms with Crippen LogP contribution in [0.5, 0.6) is 0 Å². The van der Waals surface area contributed by atoms with Crippen LogP contribution < -0.4 is 0 Å². The third-order valence-electron chi connectivity index (χ3n) is 3.16. The Morgan fingerprint density at radius 1 is 1.29 bits per heavy atom. The van der Waals surface area contributed by atoms with Crippen molar-refractivity contribution < 1.29 is 12.8 Å². The highest BCUT2D eigenvalue weighted by molar-refractivity contribution is 7.92. The average molecular weight is 253 g/mol. The highest BCUT2D eigenvalue weighted by Crippen LogP contribution is 2.34. The molecule has 0 bridgehead atoms. The lowest BCUT2D eigenvalue weighted by atomic mass is 10.1. The maximum Gasteiger partial charge on any atom is 0.185 e. The molecule has 0 amide bonds. The van der Waals surface area contributed by atoms with Crippen molar-refractivity contribution in [3.8, 4) is 6.07 Å². The lowest BCUT2D eigenvalue weighted by Crippen LogP contribution is -2.25. The molecule has 0 aliphatic heterocycles. The molecule has 17 heavy (non-hydrogen) atoms. The number of hydrogen-bond donors (Lipinski definition) is 0. The first kappa shape index (κ1) is 12.1. The Balaban J connectivity index is 2.45. The van der Waals surface area contributed by atoms with Gasteiger partial charge in [0.15, 0.2) is 9.84 Å².